The lowest BCUT2D eigenvalue weighted by Gasteiger charge is -2.11. The van der Waals surface area contributed by atoms with Crippen molar-refractivity contribution in [2.45, 2.75) is 57.8 Å². The van der Waals surface area contributed by atoms with E-state index in [2.05, 4.69) is 24.3 Å². The lowest BCUT2D eigenvalue weighted by Crippen LogP contribution is -2.23. The molecule has 0 aromatic heterocycles. The summed E-state index contributed by atoms with van der Waals surface area (Å²) in [6.45, 7) is 0. The topological polar surface area (TPSA) is 54.4 Å². The van der Waals surface area contributed by atoms with Crippen LogP contribution in [0.25, 0.3) is 0 Å². The highest BCUT2D eigenvalue weighted by Gasteiger charge is 2.26. The Hall–Kier alpha value is -2.42. The van der Waals surface area contributed by atoms with Crippen LogP contribution in [0.2, 0.25) is 0 Å². The third kappa shape index (κ3) is 7.78. The van der Waals surface area contributed by atoms with Crippen LogP contribution in [0.4, 0.5) is 0 Å². The van der Waals surface area contributed by atoms with Crippen LogP contribution in [0.15, 0.2) is 60.7 Å². The van der Waals surface area contributed by atoms with E-state index in [9.17, 15) is 14.7 Å². The Kier molecular flexibility index (Phi) is 9.33. The number of carboxylic acids is 1. The third-order valence-corrected chi connectivity index (χ3v) is 4.97. The van der Waals surface area contributed by atoms with Gasteiger partial charge >= 0.3 is 5.97 Å². The van der Waals surface area contributed by atoms with Gasteiger partial charge < -0.3 is 5.11 Å². The molecule has 2 aromatic carbocycles. The molecule has 0 amide bonds. The first kappa shape index (κ1) is 20.9. The molecule has 2 rings (SSSR count). The van der Waals surface area contributed by atoms with Crippen molar-refractivity contribution in [1.29, 1.82) is 0 Å². The molecule has 1 N–H and O–H groups in total. The first-order chi connectivity index (χ1) is 13.2. The summed E-state index contributed by atoms with van der Waals surface area (Å²) in [5.41, 5.74) is 1.89. The van der Waals surface area contributed by atoms with Crippen LogP contribution in [0.5, 0.6) is 0 Å². The van der Waals surface area contributed by atoms with Crippen LogP contribution in [0.3, 0.4) is 0 Å². The van der Waals surface area contributed by atoms with E-state index in [1.807, 2.05) is 12.1 Å². The van der Waals surface area contributed by atoms with Crippen molar-refractivity contribution < 1.29 is 14.7 Å². The Morgan fingerprint density at radius 2 is 1.22 bits per heavy atom. The number of benzene rings is 2. The number of aryl methyl sites for hydroxylation is 1. The monoisotopic (exact) mass is 366 g/mol. The Bertz CT molecular complexity index is 679. The van der Waals surface area contributed by atoms with Gasteiger partial charge in [0.1, 0.15) is 5.92 Å². The predicted octanol–water partition coefficient (Wildman–Crippen LogP) is 5.93. The number of hydrogen-bond donors (Lipinski definition) is 1. The van der Waals surface area contributed by atoms with E-state index in [4.69, 9.17) is 0 Å². The summed E-state index contributed by atoms with van der Waals surface area (Å²) in [6, 6.07) is 19.3. The van der Waals surface area contributed by atoms with Gasteiger partial charge in [0.15, 0.2) is 5.78 Å². The zero-order valence-corrected chi connectivity index (χ0v) is 16.0. The molecule has 3 heteroatoms. The number of rotatable bonds is 13. The average Bonchev–Trinajstić information content (AvgIpc) is 2.70. The van der Waals surface area contributed by atoms with Gasteiger partial charge in [-0.1, -0.05) is 99.2 Å². The number of carbonyl (C=O) groups excluding carboxylic acids is 1. The fraction of sp³-hybridized carbons (Fsp3) is 0.417. The minimum Gasteiger partial charge on any atom is -0.481 e. The van der Waals surface area contributed by atoms with E-state index in [1.165, 1.54) is 31.2 Å². The normalized spacial score (nSPS) is 11.9. The van der Waals surface area contributed by atoms with Crippen LogP contribution < -0.4 is 0 Å². The summed E-state index contributed by atoms with van der Waals surface area (Å²) in [6.07, 6.45) is 9.31. The van der Waals surface area contributed by atoms with Gasteiger partial charge in [0.05, 0.1) is 0 Å². The molecule has 2 aromatic rings. The van der Waals surface area contributed by atoms with Gasteiger partial charge in [-0.3, -0.25) is 9.59 Å². The molecule has 1 atom stereocenters. The van der Waals surface area contributed by atoms with Crippen LogP contribution >= 0.6 is 0 Å². The van der Waals surface area contributed by atoms with Crippen molar-refractivity contribution in [3.8, 4) is 0 Å². The van der Waals surface area contributed by atoms with Gasteiger partial charge in [0.2, 0.25) is 0 Å². The highest BCUT2D eigenvalue weighted by molar-refractivity contribution is 6.08. The first-order valence-corrected chi connectivity index (χ1v) is 10.0. The summed E-state index contributed by atoms with van der Waals surface area (Å²) in [5, 5.41) is 9.38. The summed E-state index contributed by atoms with van der Waals surface area (Å²) < 4.78 is 0. The van der Waals surface area contributed by atoms with E-state index < -0.39 is 11.9 Å². The average molecular weight is 367 g/mol. The van der Waals surface area contributed by atoms with E-state index in [0.29, 0.717) is 12.0 Å². The standard InChI is InChI=1S/C24H30O3/c25-23(21-17-11-7-12-18-21)22(24(26)27)19-13-5-3-1-2-4-8-14-20-15-9-6-10-16-20/h6-7,9-12,15-18,22H,1-5,8,13-14,19H2,(H,26,27). The van der Waals surface area contributed by atoms with Gasteiger partial charge in [0.25, 0.3) is 0 Å². The lowest BCUT2D eigenvalue weighted by molar-refractivity contribution is -0.140. The highest BCUT2D eigenvalue weighted by Crippen LogP contribution is 2.18. The van der Waals surface area contributed by atoms with Crippen LogP contribution in [-0.2, 0) is 11.2 Å². The number of aliphatic carboxylic acids is 1. The molecule has 3 nitrogen and oxygen atoms in total. The fourth-order valence-corrected chi connectivity index (χ4v) is 3.38. The maximum absolute atomic E-state index is 12.4. The largest absolute Gasteiger partial charge is 0.481 e. The lowest BCUT2D eigenvalue weighted by atomic mass is 9.92. The van der Waals surface area contributed by atoms with Gasteiger partial charge in [-0.05, 0) is 24.8 Å². The summed E-state index contributed by atoms with van der Waals surface area (Å²) in [4.78, 5) is 23.8. The predicted molar refractivity (Wildman–Crippen MR) is 109 cm³/mol. The molecule has 0 fully saturated rings. The zero-order valence-electron chi connectivity index (χ0n) is 16.0. The van der Waals surface area contributed by atoms with E-state index in [-0.39, 0.29) is 5.78 Å². The molecule has 0 spiro atoms. The van der Waals surface area contributed by atoms with Crippen LogP contribution in [0, 0.1) is 5.92 Å². The molecule has 0 radical (unpaired) electrons. The molecule has 144 valence electrons. The van der Waals surface area contributed by atoms with Crippen molar-refractivity contribution in [3.05, 3.63) is 71.8 Å². The first-order valence-electron chi connectivity index (χ1n) is 10.0. The van der Waals surface area contributed by atoms with Crippen molar-refractivity contribution >= 4 is 11.8 Å². The van der Waals surface area contributed by atoms with E-state index in [1.54, 1.807) is 24.3 Å². The molecule has 27 heavy (non-hydrogen) atoms. The highest BCUT2D eigenvalue weighted by atomic mass is 16.4. The van der Waals surface area contributed by atoms with Gasteiger partial charge in [0, 0.05) is 5.56 Å². The summed E-state index contributed by atoms with van der Waals surface area (Å²) in [5.74, 6) is -2.20. The molecule has 0 heterocycles. The Labute approximate surface area is 162 Å². The maximum atomic E-state index is 12.4. The second-order valence-electron chi connectivity index (χ2n) is 7.12. The third-order valence-electron chi connectivity index (χ3n) is 4.97. The summed E-state index contributed by atoms with van der Waals surface area (Å²) in [7, 11) is 0. The number of carboxylic acid groups (broad SMARTS) is 1. The number of Topliss-reactive ketones (excluding diaryl/α,β-unsaturated/α-hetero) is 1. The number of hydrogen-bond acceptors (Lipinski definition) is 2. The van der Waals surface area contributed by atoms with E-state index in [0.717, 1.165) is 25.7 Å². The zero-order chi connectivity index (χ0) is 19.3. The smallest absolute Gasteiger partial charge is 0.314 e. The van der Waals surface area contributed by atoms with Crippen LogP contribution in [-0.4, -0.2) is 16.9 Å². The number of carbonyl (C=O) groups is 2. The molecule has 0 saturated heterocycles. The molecule has 0 bridgehead atoms. The van der Waals surface area contributed by atoms with Gasteiger partial charge in [-0.25, -0.2) is 0 Å². The minimum absolute atomic E-state index is 0.274. The molecule has 0 aliphatic rings. The second-order valence-corrected chi connectivity index (χ2v) is 7.12. The minimum atomic E-state index is -1.01. The van der Waals surface area contributed by atoms with Crippen LogP contribution in [0.1, 0.15) is 67.3 Å². The molecule has 0 aliphatic carbocycles. The Balaban J connectivity index is 1.56. The molecule has 1 unspecified atom stereocenters. The Morgan fingerprint density at radius 1 is 0.704 bits per heavy atom. The molecule has 0 aliphatic heterocycles. The van der Waals surface area contributed by atoms with E-state index >= 15 is 0 Å². The fourth-order valence-electron chi connectivity index (χ4n) is 3.38. The molecule has 0 saturated carbocycles. The second kappa shape index (κ2) is 12.1. The molecular weight excluding hydrogens is 336 g/mol. The number of ketones is 1. The van der Waals surface area contributed by atoms with Crippen molar-refractivity contribution in [3.63, 3.8) is 0 Å². The Morgan fingerprint density at radius 3 is 1.81 bits per heavy atom. The number of unbranched alkanes of at least 4 members (excludes halogenated alkanes) is 6. The van der Waals surface area contributed by atoms with Crippen molar-refractivity contribution in [1.82, 2.24) is 0 Å². The SMILES string of the molecule is O=C(O)C(CCCCCCCCCc1ccccc1)C(=O)c1ccccc1. The van der Waals surface area contributed by atoms with Gasteiger partial charge in [-0.2, -0.15) is 0 Å². The van der Waals surface area contributed by atoms with Crippen molar-refractivity contribution in [2.75, 3.05) is 0 Å². The molecular formula is C24H30O3. The quantitative estimate of drug-likeness (QED) is 0.271. The van der Waals surface area contributed by atoms with Crippen molar-refractivity contribution in [2.24, 2.45) is 5.92 Å². The summed E-state index contributed by atoms with van der Waals surface area (Å²) >= 11 is 0. The maximum Gasteiger partial charge on any atom is 0.314 e. The van der Waals surface area contributed by atoms with Gasteiger partial charge in [-0.15, -0.1) is 0 Å².